The van der Waals surface area contributed by atoms with Crippen molar-refractivity contribution >= 4 is 22.8 Å². The van der Waals surface area contributed by atoms with Crippen molar-refractivity contribution < 1.29 is 0 Å². The Morgan fingerprint density at radius 3 is 2.90 bits per heavy atom. The van der Waals surface area contributed by atoms with Crippen molar-refractivity contribution in [1.29, 1.82) is 0 Å². The van der Waals surface area contributed by atoms with Gasteiger partial charge in [-0.05, 0) is 25.5 Å². The van der Waals surface area contributed by atoms with Crippen molar-refractivity contribution in [1.82, 2.24) is 29.5 Å². The lowest BCUT2D eigenvalue weighted by atomic mass is 10.3. The third-order valence-electron chi connectivity index (χ3n) is 3.13. The monoisotopic (exact) mass is 290 g/mol. The molecule has 20 heavy (non-hydrogen) atoms. The molecule has 1 unspecified atom stereocenters. The number of pyridine rings is 1. The summed E-state index contributed by atoms with van der Waals surface area (Å²) in [5, 5.41) is 7.60. The third kappa shape index (κ3) is 2.38. The summed E-state index contributed by atoms with van der Waals surface area (Å²) in [5.74, 6) is 0.833. The van der Waals surface area contributed by atoms with Crippen LogP contribution in [-0.2, 0) is 13.1 Å². The first-order valence-corrected chi connectivity index (χ1v) is 6.90. The minimum absolute atomic E-state index is 0.166. The normalized spacial score (nSPS) is 12.9. The fraction of sp³-hybridized carbons (Fsp3) is 0.385. The maximum absolute atomic E-state index is 6.23. The smallest absolute Gasteiger partial charge is 0.160 e. The van der Waals surface area contributed by atoms with E-state index in [4.69, 9.17) is 11.6 Å². The van der Waals surface area contributed by atoms with Gasteiger partial charge in [0.2, 0.25) is 0 Å². The first kappa shape index (κ1) is 13.1. The number of aromatic nitrogens is 6. The highest BCUT2D eigenvalue weighted by Gasteiger charge is 2.15. The van der Waals surface area contributed by atoms with Gasteiger partial charge in [0.1, 0.15) is 11.3 Å². The van der Waals surface area contributed by atoms with E-state index >= 15 is 0 Å². The summed E-state index contributed by atoms with van der Waals surface area (Å²) >= 11 is 6.23. The molecule has 0 radical (unpaired) electrons. The van der Waals surface area contributed by atoms with Gasteiger partial charge in [-0.1, -0.05) is 5.21 Å². The molecule has 0 N–H and O–H groups in total. The number of rotatable bonds is 4. The zero-order valence-corrected chi connectivity index (χ0v) is 12.1. The number of fused-ring (bicyclic) bond motifs is 1. The van der Waals surface area contributed by atoms with Crippen LogP contribution in [0.25, 0.3) is 11.2 Å². The average molecular weight is 291 g/mol. The second-order valence-corrected chi connectivity index (χ2v) is 5.41. The molecule has 0 aliphatic heterocycles. The van der Waals surface area contributed by atoms with E-state index in [-0.39, 0.29) is 5.38 Å². The van der Waals surface area contributed by atoms with Crippen molar-refractivity contribution in [2.75, 3.05) is 0 Å². The number of halogens is 1. The predicted octanol–water partition coefficient (Wildman–Crippen LogP) is 2.33. The number of hydrogen-bond acceptors (Lipinski definition) is 4. The molecule has 1 atom stereocenters. The standard InChI is InChI=1S/C13H15ClN6/c1-9-7-11-13(15-8-9)20(12(17-11)10(2)14)6-5-19-4-3-16-18-19/h3-4,7-8,10H,5-6H2,1-2H3. The number of aryl methyl sites for hydroxylation is 3. The van der Waals surface area contributed by atoms with E-state index < -0.39 is 0 Å². The lowest BCUT2D eigenvalue weighted by Crippen LogP contribution is -2.11. The van der Waals surface area contributed by atoms with Gasteiger partial charge in [0.05, 0.1) is 18.1 Å². The maximum Gasteiger partial charge on any atom is 0.160 e. The quantitative estimate of drug-likeness (QED) is 0.692. The first-order chi connectivity index (χ1) is 9.65. The van der Waals surface area contributed by atoms with Gasteiger partial charge in [-0.2, -0.15) is 0 Å². The van der Waals surface area contributed by atoms with Crippen LogP contribution in [0.4, 0.5) is 0 Å². The van der Waals surface area contributed by atoms with Crippen LogP contribution in [0.1, 0.15) is 23.7 Å². The number of nitrogens with zero attached hydrogens (tertiary/aromatic N) is 6. The van der Waals surface area contributed by atoms with E-state index in [1.165, 1.54) is 0 Å². The third-order valence-corrected chi connectivity index (χ3v) is 3.33. The van der Waals surface area contributed by atoms with Gasteiger partial charge < -0.3 is 4.57 Å². The Hall–Kier alpha value is -1.95. The minimum atomic E-state index is -0.166. The fourth-order valence-corrected chi connectivity index (χ4v) is 2.37. The molecule has 0 amide bonds. The van der Waals surface area contributed by atoms with E-state index in [0.717, 1.165) is 22.6 Å². The molecule has 0 aliphatic rings. The van der Waals surface area contributed by atoms with Gasteiger partial charge in [0.25, 0.3) is 0 Å². The topological polar surface area (TPSA) is 61.4 Å². The summed E-state index contributed by atoms with van der Waals surface area (Å²) in [6.07, 6.45) is 5.35. The molecule has 7 heteroatoms. The Bertz CT molecular complexity index is 716. The van der Waals surface area contributed by atoms with E-state index in [1.807, 2.05) is 36.9 Å². The van der Waals surface area contributed by atoms with Crippen LogP contribution in [0.2, 0.25) is 0 Å². The van der Waals surface area contributed by atoms with Gasteiger partial charge in [0, 0.05) is 18.9 Å². The molecule has 0 saturated heterocycles. The lowest BCUT2D eigenvalue weighted by molar-refractivity contribution is 0.513. The molecule has 0 bridgehead atoms. The van der Waals surface area contributed by atoms with Crippen LogP contribution in [0.3, 0.4) is 0 Å². The van der Waals surface area contributed by atoms with Gasteiger partial charge in [-0.3, -0.25) is 4.68 Å². The zero-order valence-electron chi connectivity index (χ0n) is 11.4. The van der Waals surface area contributed by atoms with Crippen LogP contribution in [-0.4, -0.2) is 29.5 Å². The molecule has 3 aromatic rings. The molecule has 104 valence electrons. The van der Waals surface area contributed by atoms with Gasteiger partial charge >= 0.3 is 0 Å². The summed E-state index contributed by atoms with van der Waals surface area (Å²) in [7, 11) is 0. The fourth-order valence-electron chi connectivity index (χ4n) is 2.21. The van der Waals surface area contributed by atoms with E-state index in [2.05, 4.69) is 20.3 Å². The number of hydrogen-bond donors (Lipinski definition) is 0. The summed E-state index contributed by atoms with van der Waals surface area (Å²) < 4.78 is 3.83. The van der Waals surface area contributed by atoms with Crippen LogP contribution in [0.15, 0.2) is 24.7 Å². The molecule has 0 fully saturated rings. The molecule has 0 spiro atoms. The largest absolute Gasteiger partial charge is 0.310 e. The molecule has 3 heterocycles. The highest BCUT2D eigenvalue weighted by Crippen LogP contribution is 2.23. The Kier molecular flexibility index (Phi) is 3.40. The number of imidazole rings is 1. The van der Waals surface area contributed by atoms with Crippen molar-refractivity contribution in [2.45, 2.75) is 32.3 Å². The lowest BCUT2D eigenvalue weighted by Gasteiger charge is -2.09. The van der Waals surface area contributed by atoms with Crippen molar-refractivity contribution in [3.63, 3.8) is 0 Å². The van der Waals surface area contributed by atoms with Crippen LogP contribution < -0.4 is 0 Å². The molecule has 0 saturated carbocycles. The Morgan fingerprint density at radius 2 is 2.20 bits per heavy atom. The second kappa shape index (κ2) is 5.20. The predicted molar refractivity (Wildman–Crippen MR) is 76.6 cm³/mol. The molecule has 0 aromatic carbocycles. The van der Waals surface area contributed by atoms with E-state index in [1.54, 1.807) is 10.9 Å². The van der Waals surface area contributed by atoms with Crippen LogP contribution in [0.5, 0.6) is 0 Å². The highest BCUT2D eigenvalue weighted by molar-refractivity contribution is 6.20. The van der Waals surface area contributed by atoms with Gasteiger partial charge in [0.15, 0.2) is 5.65 Å². The summed E-state index contributed by atoms with van der Waals surface area (Å²) in [5.41, 5.74) is 2.83. The number of alkyl halides is 1. The summed E-state index contributed by atoms with van der Waals surface area (Å²) in [6.45, 7) is 5.34. The molecule has 6 nitrogen and oxygen atoms in total. The molecular weight excluding hydrogens is 276 g/mol. The van der Waals surface area contributed by atoms with E-state index in [0.29, 0.717) is 13.1 Å². The van der Waals surface area contributed by atoms with Crippen molar-refractivity contribution in [3.8, 4) is 0 Å². The minimum Gasteiger partial charge on any atom is -0.310 e. The van der Waals surface area contributed by atoms with E-state index in [9.17, 15) is 0 Å². The molecule has 0 aliphatic carbocycles. The Labute approximate surface area is 121 Å². The molecule has 3 rings (SSSR count). The van der Waals surface area contributed by atoms with Crippen molar-refractivity contribution in [3.05, 3.63) is 36.0 Å². The Balaban J connectivity index is 2.00. The van der Waals surface area contributed by atoms with Crippen molar-refractivity contribution in [2.24, 2.45) is 0 Å². The van der Waals surface area contributed by atoms with Gasteiger partial charge in [-0.15, -0.1) is 16.7 Å². The molecule has 3 aromatic heterocycles. The highest BCUT2D eigenvalue weighted by atomic mass is 35.5. The van der Waals surface area contributed by atoms with Crippen LogP contribution >= 0.6 is 11.6 Å². The summed E-state index contributed by atoms with van der Waals surface area (Å²) in [4.78, 5) is 9.08. The van der Waals surface area contributed by atoms with Gasteiger partial charge in [-0.25, -0.2) is 9.97 Å². The second-order valence-electron chi connectivity index (χ2n) is 4.76. The zero-order chi connectivity index (χ0) is 14.1. The SMILES string of the molecule is Cc1cnc2c(c1)nc(C(C)Cl)n2CCn1ccnn1. The van der Waals surface area contributed by atoms with Crippen LogP contribution in [0, 0.1) is 6.92 Å². The summed E-state index contributed by atoms with van der Waals surface area (Å²) in [6, 6.07) is 2.02. The average Bonchev–Trinajstić information content (AvgIpc) is 3.02. The molecular formula is C13H15ClN6. The Morgan fingerprint density at radius 1 is 1.35 bits per heavy atom. The first-order valence-electron chi connectivity index (χ1n) is 6.46. The maximum atomic E-state index is 6.23.